The molecule has 1 nitrogen and oxygen atoms in total. The molecule has 0 atom stereocenters. The summed E-state index contributed by atoms with van der Waals surface area (Å²) in [5.74, 6) is -1.98. The first-order chi connectivity index (χ1) is 8.52. The molecule has 18 heavy (non-hydrogen) atoms. The summed E-state index contributed by atoms with van der Waals surface area (Å²) < 4.78 is 26.9. The summed E-state index contributed by atoms with van der Waals surface area (Å²) in [6, 6.07) is 7.91. The van der Waals surface area contributed by atoms with Gasteiger partial charge in [0, 0.05) is 5.56 Å². The van der Waals surface area contributed by atoms with E-state index in [0.29, 0.717) is 0 Å². The van der Waals surface area contributed by atoms with Crippen LogP contribution in [-0.2, 0) is 0 Å². The van der Waals surface area contributed by atoms with Gasteiger partial charge < -0.3 is 0 Å². The van der Waals surface area contributed by atoms with Crippen LogP contribution in [0.4, 0.5) is 8.78 Å². The second-order valence-corrected chi connectivity index (χ2v) is 4.73. The van der Waals surface area contributed by atoms with Crippen molar-refractivity contribution >= 4 is 33.3 Å². The summed E-state index contributed by atoms with van der Waals surface area (Å²) in [6.45, 7) is 0. The third-order valence-corrected chi connectivity index (χ3v) is 3.51. The van der Waals surface area contributed by atoms with Gasteiger partial charge in [0.15, 0.2) is 5.78 Å². The van der Waals surface area contributed by atoms with Crippen LogP contribution < -0.4 is 0 Å². The first-order valence-corrected chi connectivity index (χ1v) is 6.12. The Hall–Kier alpha value is -1.26. The SMILES string of the molecule is O=C(c1cccc(F)c1Br)c1c(F)cccc1Cl. The Balaban J connectivity index is 2.59. The van der Waals surface area contributed by atoms with E-state index in [1.165, 1.54) is 30.3 Å². The Morgan fingerprint density at radius 2 is 1.67 bits per heavy atom. The van der Waals surface area contributed by atoms with Crippen molar-refractivity contribution in [1.82, 2.24) is 0 Å². The van der Waals surface area contributed by atoms with Crippen molar-refractivity contribution in [3.8, 4) is 0 Å². The monoisotopic (exact) mass is 330 g/mol. The second kappa shape index (κ2) is 5.16. The second-order valence-electron chi connectivity index (χ2n) is 3.53. The van der Waals surface area contributed by atoms with Crippen LogP contribution in [0.1, 0.15) is 15.9 Å². The molecule has 0 N–H and O–H groups in total. The molecule has 0 amide bonds. The highest BCUT2D eigenvalue weighted by atomic mass is 79.9. The highest BCUT2D eigenvalue weighted by molar-refractivity contribution is 9.10. The molecule has 5 heteroatoms. The predicted molar refractivity (Wildman–Crippen MR) is 68.9 cm³/mol. The van der Waals surface area contributed by atoms with E-state index < -0.39 is 17.4 Å². The van der Waals surface area contributed by atoms with Crippen LogP contribution in [0.2, 0.25) is 5.02 Å². The van der Waals surface area contributed by atoms with Gasteiger partial charge in [0.25, 0.3) is 0 Å². The van der Waals surface area contributed by atoms with E-state index in [2.05, 4.69) is 15.9 Å². The van der Waals surface area contributed by atoms with Crippen molar-refractivity contribution in [2.75, 3.05) is 0 Å². The van der Waals surface area contributed by atoms with Crippen molar-refractivity contribution < 1.29 is 13.6 Å². The van der Waals surface area contributed by atoms with Crippen molar-refractivity contribution in [3.63, 3.8) is 0 Å². The minimum atomic E-state index is -0.733. The minimum absolute atomic E-state index is 0.00355. The topological polar surface area (TPSA) is 17.1 Å². The molecule has 0 spiro atoms. The zero-order valence-electron chi connectivity index (χ0n) is 8.88. The zero-order valence-corrected chi connectivity index (χ0v) is 11.2. The summed E-state index contributed by atoms with van der Waals surface area (Å²) in [6.07, 6.45) is 0. The molecule has 0 saturated heterocycles. The van der Waals surface area contributed by atoms with Crippen molar-refractivity contribution in [2.24, 2.45) is 0 Å². The van der Waals surface area contributed by atoms with Crippen LogP contribution in [0.15, 0.2) is 40.9 Å². The fourth-order valence-electron chi connectivity index (χ4n) is 1.53. The Labute approximate surface area is 116 Å². The summed E-state index contributed by atoms with van der Waals surface area (Å²) in [5, 5.41) is -0.00355. The fraction of sp³-hybridized carbons (Fsp3) is 0. The molecule has 92 valence electrons. The van der Waals surface area contributed by atoms with Gasteiger partial charge in [-0.15, -0.1) is 0 Å². The molecule has 0 aliphatic rings. The molecule has 0 aromatic heterocycles. The molecule has 0 unspecified atom stereocenters. The Morgan fingerprint density at radius 1 is 1.06 bits per heavy atom. The number of rotatable bonds is 2. The van der Waals surface area contributed by atoms with Crippen LogP contribution in [0.3, 0.4) is 0 Å². The summed E-state index contributed by atoms with van der Waals surface area (Å²) in [4.78, 5) is 12.1. The first kappa shape index (κ1) is 13.2. The third kappa shape index (κ3) is 2.31. The van der Waals surface area contributed by atoms with Gasteiger partial charge in [-0.1, -0.05) is 23.7 Å². The van der Waals surface area contributed by atoms with Gasteiger partial charge in [-0.2, -0.15) is 0 Å². The summed E-state index contributed by atoms with van der Waals surface area (Å²) in [7, 11) is 0. The average molecular weight is 332 g/mol. The molecular weight excluding hydrogens is 325 g/mol. The van der Waals surface area contributed by atoms with E-state index in [1.807, 2.05) is 0 Å². The van der Waals surface area contributed by atoms with Crippen LogP contribution in [0, 0.1) is 11.6 Å². The van der Waals surface area contributed by atoms with Crippen LogP contribution in [0.5, 0.6) is 0 Å². The van der Waals surface area contributed by atoms with E-state index in [0.717, 1.165) is 6.07 Å². The number of hydrogen-bond acceptors (Lipinski definition) is 1. The largest absolute Gasteiger partial charge is 0.288 e. The molecule has 2 aromatic carbocycles. The lowest BCUT2D eigenvalue weighted by Gasteiger charge is -2.07. The van der Waals surface area contributed by atoms with Gasteiger partial charge in [-0.25, -0.2) is 8.78 Å². The summed E-state index contributed by atoms with van der Waals surface area (Å²) in [5.41, 5.74) is -0.229. The molecule has 2 aromatic rings. The van der Waals surface area contributed by atoms with Gasteiger partial charge in [0.2, 0.25) is 0 Å². The van der Waals surface area contributed by atoms with Gasteiger partial charge in [-0.05, 0) is 40.2 Å². The Kier molecular flexibility index (Phi) is 3.78. The van der Waals surface area contributed by atoms with Crippen LogP contribution in [0.25, 0.3) is 0 Å². The van der Waals surface area contributed by atoms with E-state index in [1.54, 1.807) is 0 Å². The molecule has 0 aliphatic carbocycles. The lowest BCUT2D eigenvalue weighted by atomic mass is 10.0. The van der Waals surface area contributed by atoms with Gasteiger partial charge in [0.05, 0.1) is 15.1 Å². The van der Waals surface area contributed by atoms with Crippen LogP contribution >= 0.6 is 27.5 Å². The highest BCUT2D eigenvalue weighted by Gasteiger charge is 2.20. The normalized spacial score (nSPS) is 10.4. The maximum atomic E-state index is 13.6. The highest BCUT2D eigenvalue weighted by Crippen LogP contribution is 2.27. The predicted octanol–water partition coefficient (Wildman–Crippen LogP) is 4.61. The zero-order chi connectivity index (χ0) is 13.3. The van der Waals surface area contributed by atoms with E-state index in [4.69, 9.17) is 11.6 Å². The summed E-state index contributed by atoms with van der Waals surface area (Å²) >= 11 is 8.76. The van der Waals surface area contributed by atoms with E-state index in [9.17, 15) is 13.6 Å². The molecule has 0 bridgehead atoms. The van der Waals surface area contributed by atoms with Gasteiger partial charge in [0.1, 0.15) is 11.6 Å². The smallest absolute Gasteiger partial charge is 0.198 e. The fourth-order valence-corrected chi connectivity index (χ4v) is 2.22. The Bertz CT molecular complexity index is 608. The van der Waals surface area contributed by atoms with E-state index >= 15 is 0 Å². The lowest BCUT2D eigenvalue weighted by molar-refractivity contribution is 0.103. The Morgan fingerprint density at radius 3 is 2.33 bits per heavy atom. The standard InChI is InChI=1S/C13H6BrClF2O/c14-12-7(3-1-6-10(12)17)13(18)11-8(15)4-2-5-9(11)16/h1-6H. The quantitative estimate of drug-likeness (QED) is 0.734. The number of carbonyl (C=O) groups excluding carboxylic acids is 1. The van der Waals surface area contributed by atoms with Crippen molar-refractivity contribution in [3.05, 3.63) is 68.7 Å². The number of halogens is 4. The maximum Gasteiger partial charge on any atom is 0.198 e. The number of benzene rings is 2. The molecule has 0 radical (unpaired) electrons. The lowest BCUT2D eigenvalue weighted by Crippen LogP contribution is -2.06. The number of carbonyl (C=O) groups is 1. The third-order valence-electron chi connectivity index (χ3n) is 2.39. The van der Waals surface area contributed by atoms with Gasteiger partial charge in [-0.3, -0.25) is 4.79 Å². The minimum Gasteiger partial charge on any atom is -0.288 e. The molecule has 0 fully saturated rings. The van der Waals surface area contributed by atoms with Crippen LogP contribution in [-0.4, -0.2) is 5.78 Å². The molecule has 0 aliphatic heterocycles. The van der Waals surface area contributed by atoms with Crippen molar-refractivity contribution in [1.29, 1.82) is 0 Å². The molecule has 2 rings (SSSR count). The molecule has 0 heterocycles. The van der Waals surface area contributed by atoms with Gasteiger partial charge >= 0.3 is 0 Å². The number of ketones is 1. The maximum absolute atomic E-state index is 13.6. The molecular formula is C13H6BrClF2O. The average Bonchev–Trinajstić information content (AvgIpc) is 2.32. The molecule has 0 saturated carbocycles. The van der Waals surface area contributed by atoms with E-state index in [-0.39, 0.29) is 20.6 Å². The first-order valence-electron chi connectivity index (χ1n) is 4.95. The number of hydrogen-bond donors (Lipinski definition) is 0. The van der Waals surface area contributed by atoms with Crippen molar-refractivity contribution in [2.45, 2.75) is 0 Å².